The van der Waals surface area contributed by atoms with Crippen LogP contribution in [0.15, 0.2) is 182 Å². The SMILES string of the molecule is c1ccc(N(c2ccc3c(c2)CCc2cc(N(c4ccccc4)c4cccc5ccccc45)ccc2-3)c2cccc3ccccc23)cc1. The van der Waals surface area contributed by atoms with Crippen LogP contribution in [-0.4, -0.2) is 0 Å². The van der Waals surface area contributed by atoms with Gasteiger partial charge < -0.3 is 9.80 Å². The summed E-state index contributed by atoms with van der Waals surface area (Å²) in [4.78, 5) is 4.81. The molecule has 8 aromatic rings. The molecule has 2 nitrogen and oxygen atoms in total. The van der Waals surface area contributed by atoms with Crippen LogP contribution in [0.2, 0.25) is 0 Å². The fourth-order valence-corrected chi connectivity index (χ4v) is 7.46. The largest absolute Gasteiger partial charge is 0.310 e. The van der Waals surface area contributed by atoms with Crippen molar-refractivity contribution in [2.75, 3.05) is 9.80 Å². The Bertz CT molecular complexity index is 2230. The van der Waals surface area contributed by atoms with Gasteiger partial charge in [0.05, 0.1) is 11.4 Å². The fraction of sp³-hybridized carbons (Fsp3) is 0.0435. The van der Waals surface area contributed by atoms with Crippen molar-refractivity contribution in [1.29, 1.82) is 0 Å². The van der Waals surface area contributed by atoms with Crippen molar-refractivity contribution in [2.24, 2.45) is 0 Å². The van der Waals surface area contributed by atoms with Gasteiger partial charge in [0.2, 0.25) is 0 Å². The number of aryl methyl sites for hydroxylation is 2. The molecule has 0 amide bonds. The highest BCUT2D eigenvalue weighted by Gasteiger charge is 2.22. The van der Waals surface area contributed by atoms with E-state index in [4.69, 9.17) is 0 Å². The molecule has 0 heterocycles. The lowest BCUT2D eigenvalue weighted by molar-refractivity contribution is 0.940. The number of hydrogen-bond acceptors (Lipinski definition) is 2. The van der Waals surface area contributed by atoms with Gasteiger partial charge in [-0.05, 0) is 107 Å². The molecule has 228 valence electrons. The van der Waals surface area contributed by atoms with Gasteiger partial charge in [-0.25, -0.2) is 0 Å². The standard InChI is InChI=1S/C46H34N2/c1-3-17-37(18-4-1)47(45-23-11-15-33-13-7-9-21-43(33)45)39-27-29-41-35(31-39)25-26-36-32-40(28-30-42(36)41)48(38-19-5-2-6-20-38)46-24-12-16-34-14-8-10-22-44(34)46/h1-24,27-32H,25-26H2. The van der Waals surface area contributed by atoms with Gasteiger partial charge in [0.15, 0.2) is 0 Å². The third-order valence-corrected chi connectivity index (χ3v) is 9.69. The van der Waals surface area contributed by atoms with Gasteiger partial charge in [-0.15, -0.1) is 0 Å². The summed E-state index contributed by atoms with van der Waals surface area (Å²) in [7, 11) is 0. The van der Waals surface area contributed by atoms with Crippen molar-refractivity contribution in [3.8, 4) is 11.1 Å². The van der Waals surface area contributed by atoms with Crippen LogP contribution in [0.3, 0.4) is 0 Å². The Kier molecular flexibility index (Phi) is 6.98. The van der Waals surface area contributed by atoms with Gasteiger partial charge in [0.1, 0.15) is 0 Å². The summed E-state index contributed by atoms with van der Waals surface area (Å²) in [6.07, 6.45) is 1.99. The highest BCUT2D eigenvalue weighted by atomic mass is 15.1. The van der Waals surface area contributed by atoms with E-state index in [2.05, 4.69) is 192 Å². The lowest BCUT2D eigenvalue weighted by atomic mass is 9.85. The Labute approximate surface area is 281 Å². The molecule has 0 atom stereocenters. The normalized spacial score (nSPS) is 12.0. The van der Waals surface area contributed by atoms with Crippen molar-refractivity contribution in [2.45, 2.75) is 12.8 Å². The number of anilines is 6. The molecule has 0 aliphatic heterocycles. The Morgan fingerprint density at radius 1 is 0.312 bits per heavy atom. The lowest BCUT2D eigenvalue weighted by Crippen LogP contribution is -2.13. The molecule has 48 heavy (non-hydrogen) atoms. The molecular weight excluding hydrogens is 581 g/mol. The summed E-state index contributed by atoms with van der Waals surface area (Å²) in [6.45, 7) is 0. The Morgan fingerprint density at radius 3 is 1.17 bits per heavy atom. The molecule has 0 spiro atoms. The third-order valence-electron chi connectivity index (χ3n) is 9.69. The summed E-state index contributed by atoms with van der Waals surface area (Å²) in [5, 5.41) is 4.97. The first-order valence-corrected chi connectivity index (χ1v) is 16.7. The summed E-state index contributed by atoms with van der Waals surface area (Å²) < 4.78 is 0. The van der Waals surface area contributed by atoms with Crippen molar-refractivity contribution >= 4 is 55.7 Å². The zero-order valence-electron chi connectivity index (χ0n) is 26.6. The van der Waals surface area contributed by atoms with Crippen molar-refractivity contribution in [3.05, 3.63) is 193 Å². The van der Waals surface area contributed by atoms with Gasteiger partial charge in [0.25, 0.3) is 0 Å². The molecule has 0 bridgehead atoms. The number of nitrogens with zero attached hydrogens (tertiary/aromatic N) is 2. The number of fused-ring (bicyclic) bond motifs is 5. The highest BCUT2D eigenvalue weighted by molar-refractivity contribution is 6.00. The minimum absolute atomic E-state index is 0.997. The monoisotopic (exact) mass is 614 g/mol. The Hall–Kier alpha value is -6.12. The van der Waals surface area contributed by atoms with Gasteiger partial charge in [-0.1, -0.05) is 121 Å². The van der Waals surface area contributed by atoms with Gasteiger partial charge in [0, 0.05) is 33.5 Å². The van der Waals surface area contributed by atoms with E-state index in [9.17, 15) is 0 Å². The molecule has 0 saturated carbocycles. The molecular formula is C46H34N2. The van der Waals surface area contributed by atoms with E-state index in [1.807, 2.05) is 0 Å². The summed E-state index contributed by atoms with van der Waals surface area (Å²) in [6, 6.07) is 66.1. The van der Waals surface area contributed by atoms with Gasteiger partial charge >= 0.3 is 0 Å². The third kappa shape index (κ3) is 4.90. The maximum Gasteiger partial charge on any atom is 0.0540 e. The Balaban J connectivity index is 1.14. The Morgan fingerprint density at radius 2 is 0.708 bits per heavy atom. The molecule has 0 unspecified atom stereocenters. The van der Waals surface area contributed by atoms with E-state index < -0.39 is 0 Å². The lowest BCUT2D eigenvalue weighted by Gasteiger charge is -2.30. The van der Waals surface area contributed by atoms with Crippen molar-refractivity contribution in [1.82, 2.24) is 0 Å². The number of hydrogen-bond donors (Lipinski definition) is 0. The van der Waals surface area contributed by atoms with E-state index in [0.29, 0.717) is 0 Å². The first kappa shape index (κ1) is 28.1. The van der Waals surface area contributed by atoms with E-state index in [-0.39, 0.29) is 0 Å². The van der Waals surface area contributed by atoms with Crippen LogP contribution < -0.4 is 9.80 Å². The van der Waals surface area contributed by atoms with Crippen LogP contribution in [0, 0.1) is 0 Å². The molecule has 0 aromatic heterocycles. The highest BCUT2D eigenvalue weighted by Crippen LogP contribution is 2.45. The second kappa shape index (κ2) is 11.9. The number of rotatable bonds is 6. The van der Waals surface area contributed by atoms with E-state index in [0.717, 1.165) is 24.2 Å². The maximum absolute atomic E-state index is 2.41. The van der Waals surface area contributed by atoms with Gasteiger partial charge in [-0.3, -0.25) is 0 Å². The van der Waals surface area contributed by atoms with E-state index >= 15 is 0 Å². The summed E-state index contributed by atoms with van der Waals surface area (Å²) in [5.74, 6) is 0. The molecule has 0 N–H and O–H groups in total. The van der Waals surface area contributed by atoms with Crippen LogP contribution in [0.5, 0.6) is 0 Å². The summed E-state index contributed by atoms with van der Waals surface area (Å²) >= 11 is 0. The second-order valence-corrected chi connectivity index (χ2v) is 12.5. The minimum atomic E-state index is 0.997. The van der Waals surface area contributed by atoms with Crippen LogP contribution in [-0.2, 0) is 12.8 Å². The molecule has 2 heteroatoms. The summed E-state index contributed by atoms with van der Waals surface area (Å²) in [5.41, 5.74) is 12.5. The molecule has 1 aliphatic carbocycles. The zero-order chi connectivity index (χ0) is 31.9. The number of para-hydroxylation sites is 2. The first-order valence-electron chi connectivity index (χ1n) is 16.7. The van der Waals surface area contributed by atoms with Crippen molar-refractivity contribution in [3.63, 3.8) is 0 Å². The molecule has 1 aliphatic rings. The molecule has 8 aromatic carbocycles. The predicted octanol–water partition coefficient (Wildman–Crippen LogP) is 12.7. The number of benzene rings is 8. The molecule has 0 radical (unpaired) electrons. The average Bonchev–Trinajstić information content (AvgIpc) is 3.16. The topological polar surface area (TPSA) is 6.48 Å². The molecule has 0 saturated heterocycles. The fourth-order valence-electron chi connectivity index (χ4n) is 7.46. The molecule has 9 rings (SSSR count). The predicted molar refractivity (Wildman–Crippen MR) is 204 cm³/mol. The first-order chi connectivity index (χ1) is 23.8. The second-order valence-electron chi connectivity index (χ2n) is 12.5. The zero-order valence-corrected chi connectivity index (χ0v) is 26.6. The van der Waals surface area contributed by atoms with E-state index in [1.165, 1.54) is 66.5 Å². The minimum Gasteiger partial charge on any atom is -0.310 e. The van der Waals surface area contributed by atoms with Gasteiger partial charge in [-0.2, -0.15) is 0 Å². The van der Waals surface area contributed by atoms with Crippen LogP contribution in [0.25, 0.3) is 32.7 Å². The molecule has 0 fully saturated rings. The van der Waals surface area contributed by atoms with Crippen LogP contribution in [0.4, 0.5) is 34.1 Å². The van der Waals surface area contributed by atoms with Crippen molar-refractivity contribution < 1.29 is 0 Å². The quantitative estimate of drug-likeness (QED) is 0.184. The van der Waals surface area contributed by atoms with Crippen LogP contribution in [0.1, 0.15) is 11.1 Å². The van der Waals surface area contributed by atoms with Crippen LogP contribution >= 0.6 is 0 Å². The average molecular weight is 615 g/mol. The smallest absolute Gasteiger partial charge is 0.0540 e. The maximum atomic E-state index is 2.41. The van der Waals surface area contributed by atoms with E-state index in [1.54, 1.807) is 0 Å².